The summed E-state index contributed by atoms with van der Waals surface area (Å²) in [6.45, 7) is 2.05. The first-order valence-corrected chi connectivity index (χ1v) is 6.98. The van der Waals surface area contributed by atoms with Crippen molar-refractivity contribution < 1.29 is 19.4 Å². The molecule has 6 nitrogen and oxygen atoms in total. The molecule has 4 atom stereocenters. The van der Waals surface area contributed by atoms with Crippen LogP contribution in [0.4, 0.5) is 0 Å². The van der Waals surface area contributed by atoms with Crippen molar-refractivity contribution in [3.05, 3.63) is 12.2 Å². The fourth-order valence-electron chi connectivity index (χ4n) is 3.63. The topological polar surface area (TPSA) is 70.1 Å². The Labute approximate surface area is 118 Å². The Morgan fingerprint density at radius 3 is 3.00 bits per heavy atom. The van der Waals surface area contributed by atoms with Gasteiger partial charge < -0.3 is 19.6 Å². The van der Waals surface area contributed by atoms with Crippen LogP contribution in [0.25, 0.3) is 0 Å². The zero-order valence-corrected chi connectivity index (χ0v) is 11.8. The van der Waals surface area contributed by atoms with Gasteiger partial charge >= 0.3 is 5.97 Å². The van der Waals surface area contributed by atoms with Gasteiger partial charge in [-0.25, -0.2) is 0 Å². The highest BCUT2D eigenvalue weighted by atomic mass is 16.5. The molecule has 6 heteroatoms. The monoisotopic (exact) mass is 280 g/mol. The molecule has 0 saturated carbocycles. The van der Waals surface area contributed by atoms with Crippen molar-refractivity contribution in [3.8, 4) is 0 Å². The van der Waals surface area contributed by atoms with Gasteiger partial charge in [0.05, 0.1) is 18.6 Å². The molecule has 0 aromatic carbocycles. The Morgan fingerprint density at radius 2 is 2.35 bits per heavy atom. The van der Waals surface area contributed by atoms with E-state index >= 15 is 0 Å². The van der Waals surface area contributed by atoms with Crippen molar-refractivity contribution >= 4 is 11.9 Å². The van der Waals surface area contributed by atoms with E-state index in [-0.39, 0.29) is 5.91 Å². The lowest BCUT2D eigenvalue weighted by Gasteiger charge is -2.21. The van der Waals surface area contributed by atoms with Gasteiger partial charge in [-0.1, -0.05) is 12.2 Å². The van der Waals surface area contributed by atoms with Gasteiger partial charge in [-0.15, -0.1) is 0 Å². The highest BCUT2D eigenvalue weighted by Crippen LogP contribution is 2.51. The van der Waals surface area contributed by atoms with Crippen LogP contribution in [-0.4, -0.2) is 72.2 Å². The normalized spacial score (nSPS) is 38.0. The van der Waals surface area contributed by atoms with Gasteiger partial charge in [-0.2, -0.15) is 0 Å². The van der Waals surface area contributed by atoms with Crippen LogP contribution in [0.5, 0.6) is 0 Å². The predicted octanol–water partition coefficient (Wildman–Crippen LogP) is -0.195. The molecule has 0 aromatic rings. The van der Waals surface area contributed by atoms with E-state index in [0.717, 1.165) is 13.0 Å². The van der Waals surface area contributed by atoms with Crippen molar-refractivity contribution in [1.82, 2.24) is 9.80 Å². The Balaban J connectivity index is 1.74. The Kier molecular flexibility index (Phi) is 3.10. The number of carboxylic acids is 1. The van der Waals surface area contributed by atoms with Crippen molar-refractivity contribution in [2.45, 2.75) is 18.1 Å². The van der Waals surface area contributed by atoms with Crippen molar-refractivity contribution in [2.75, 3.05) is 33.7 Å². The number of nitrogens with zero attached hydrogens (tertiary/aromatic N) is 2. The minimum Gasteiger partial charge on any atom is -0.481 e. The standard InChI is InChI=1S/C14H20N2O4/c1-15(2)6-3-7-16-8-14-5-4-9(20-14)10(13(18)19)11(14)12(16)17/h4-5,9-11H,3,6-8H2,1-2H3,(H,18,19)/t9-,10-,11-,14-/m1/s1. The lowest BCUT2D eigenvalue weighted by molar-refractivity contribution is -0.148. The first kappa shape index (κ1) is 13.6. The second kappa shape index (κ2) is 4.56. The first-order chi connectivity index (χ1) is 9.44. The van der Waals surface area contributed by atoms with E-state index in [1.165, 1.54) is 0 Å². The Morgan fingerprint density at radius 1 is 1.60 bits per heavy atom. The maximum absolute atomic E-state index is 12.5. The van der Waals surface area contributed by atoms with Crippen LogP contribution in [0, 0.1) is 11.8 Å². The molecule has 3 rings (SSSR count). The number of carboxylic acid groups (broad SMARTS) is 1. The second-order valence-corrected chi connectivity index (χ2v) is 6.15. The van der Waals surface area contributed by atoms with Crippen LogP contribution in [-0.2, 0) is 14.3 Å². The summed E-state index contributed by atoms with van der Waals surface area (Å²) in [5.74, 6) is -2.28. The van der Waals surface area contributed by atoms with E-state index in [1.54, 1.807) is 11.0 Å². The van der Waals surface area contributed by atoms with Crippen LogP contribution in [0.3, 0.4) is 0 Å². The molecule has 0 unspecified atom stereocenters. The SMILES string of the molecule is CN(C)CCCN1C[C@@]23C=C[C@@H](O2)[C@@H](C(=O)O)[C@@H]3C1=O. The number of ether oxygens (including phenoxy) is 1. The van der Waals surface area contributed by atoms with E-state index in [4.69, 9.17) is 4.74 Å². The third-order valence-corrected chi connectivity index (χ3v) is 4.50. The van der Waals surface area contributed by atoms with Gasteiger partial charge in [0.2, 0.25) is 5.91 Å². The van der Waals surface area contributed by atoms with Gasteiger partial charge in [-0.3, -0.25) is 9.59 Å². The third-order valence-electron chi connectivity index (χ3n) is 4.50. The molecule has 2 saturated heterocycles. The Hall–Kier alpha value is -1.40. The lowest BCUT2D eigenvalue weighted by atomic mass is 9.77. The summed E-state index contributed by atoms with van der Waals surface area (Å²) in [4.78, 5) is 27.7. The molecule has 3 heterocycles. The zero-order chi connectivity index (χ0) is 14.5. The summed E-state index contributed by atoms with van der Waals surface area (Å²) >= 11 is 0. The molecule has 1 N–H and O–H groups in total. The molecule has 0 aromatic heterocycles. The largest absolute Gasteiger partial charge is 0.481 e. The zero-order valence-electron chi connectivity index (χ0n) is 11.8. The number of likely N-dealkylation sites (tertiary alicyclic amines) is 1. The summed E-state index contributed by atoms with van der Waals surface area (Å²) in [6, 6.07) is 0. The molecule has 0 radical (unpaired) electrons. The summed E-state index contributed by atoms with van der Waals surface area (Å²) < 4.78 is 5.82. The average Bonchev–Trinajstić information content (AvgIpc) is 2.98. The Bertz CT molecular complexity index is 476. The van der Waals surface area contributed by atoms with Crippen LogP contribution in [0.1, 0.15) is 6.42 Å². The van der Waals surface area contributed by atoms with Crippen LogP contribution in [0.15, 0.2) is 12.2 Å². The summed E-state index contributed by atoms with van der Waals surface area (Å²) in [5, 5.41) is 9.34. The van der Waals surface area contributed by atoms with Gasteiger partial charge in [-0.05, 0) is 27.1 Å². The quantitative estimate of drug-likeness (QED) is 0.707. The molecule has 3 aliphatic rings. The number of aliphatic carboxylic acids is 1. The second-order valence-electron chi connectivity index (χ2n) is 6.15. The van der Waals surface area contributed by atoms with E-state index in [2.05, 4.69) is 4.90 Å². The fourth-order valence-corrected chi connectivity index (χ4v) is 3.63. The minimum atomic E-state index is -0.935. The number of rotatable bonds is 5. The number of carbonyl (C=O) groups is 2. The van der Waals surface area contributed by atoms with Crippen molar-refractivity contribution in [1.29, 1.82) is 0 Å². The van der Waals surface area contributed by atoms with Gasteiger partial charge in [0.1, 0.15) is 11.5 Å². The van der Waals surface area contributed by atoms with Crippen LogP contribution >= 0.6 is 0 Å². The van der Waals surface area contributed by atoms with Gasteiger partial charge in [0, 0.05) is 6.54 Å². The molecule has 3 aliphatic heterocycles. The van der Waals surface area contributed by atoms with Crippen LogP contribution < -0.4 is 0 Å². The number of hydrogen-bond donors (Lipinski definition) is 1. The van der Waals surface area contributed by atoms with Crippen molar-refractivity contribution in [3.63, 3.8) is 0 Å². The minimum absolute atomic E-state index is 0.0667. The smallest absolute Gasteiger partial charge is 0.310 e. The predicted molar refractivity (Wildman–Crippen MR) is 71.1 cm³/mol. The highest BCUT2D eigenvalue weighted by molar-refractivity contribution is 5.90. The molecule has 110 valence electrons. The molecule has 1 spiro atoms. The van der Waals surface area contributed by atoms with Gasteiger partial charge in [0.25, 0.3) is 0 Å². The average molecular weight is 280 g/mol. The number of hydrogen-bond acceptors (Lipinski definition) is 4. The molecular weight excluding hydrogens is 260 g/mol. The molecule has 2 bridgehead atoms. The molecule has 2 fully saturated rings. The lowest BCUT2D eigenvalue weighted by Crippen LogP contribution is -2.39. The number of amides is 1. The fraction of sp³-hybridized carbons (Fsp3) is 0.714. The van der Waals surface area contributed by atoms with Crippen molar-refractivity contribution in [2.24, 2.45) is 11.8 Å². The molecule has 0 aliphatic carbocycles. The summed E-state index contributed by atoms with van der Waals surface area (Å²) in [6.07, 6.45) is 4.13. The molecular formula is C14H20N2O4. The first-order valence-electron chi connectivity index (χ1n) is 6.98. The van der Waals surface area contributed by atoms with E-state index in [0.29, 0.717) is 13.1 Å². The maximum atomic E-state index is 12.5. The highest BCUT2D eigenvalue weighted by Gasteiger charge is 2.66. The summed E-state index contributed by atoms with van der Waals surface area (Å²) in [5.41, 5.74) is -0.692. The molecule has 1 amide bonds. The number of carbonyl (C=O) groups excluding carboxylic acids is 1. The third kappa shape index (κ3) is 1.86. The molecule has 20 heavy (non-hydrogen) atoms. The number of fused-ring (bicyclic) bond motifs is 1. The van der Waals surface area contributed by atoms with E-state index < -0.39 is 29.5 Å². The van der Waals surface area contributed by atoms with Crippen LogP contribution in [0.2, 0.25) is 0 Å². The summed E-state index contributed by atoms with van der Waals surface area (Å²) in [7, 11) is 3.99. The van der Waals surface area contributed by atoms with E-state index in [1.807, 2.05) is 20.2 Å². The maximum Gasteiger partial charge on any atom is 0.310 e. The van der Waals surface area contributed by atoms with E-state index in [9.17, 15) is 14.7 Å². The van der Waals surface area contributed by atoms with Gasteiger partial charge in [0.15, 0.2) is 0 Å².